The average Bonchev–Trinajstić information content (AvgIpc) is 2.68. The molecule has 0 aliphatic rings. The van der Waals surface area contributed by atoms with Gasteiger partial charge >= 0.3 is 5.97 Å². The number of hydrogen-bond donors (Lipinski definition) is 2. The van der Waals surface area contributed by atoms with E-state index in [1.54, 1.807) is 25.1 Å². The van der Waals surface area contributed by atoms with Gasteiger partial charge in [0.15, 0.2) is 11.5 Å². The van der Waals surface area contributed by atoms with Gasteiger partial charge in [-0.1, -0.05) is 13.0 Å². The third kappa shape index (κ3) is 8.58. The fourth-order valence-corrected chi connectivity index (χ4v) is 2.18. The van der Waals surface area contributed by atoms with Crippen LogP contribution in [0, 0.1) is 0 Å². The molecular formula is C22H28O6. The van der Waals surface area contributed by atoms with Crippen LogP contribution in [0.2, 0.25) is 0 Å². The van der Waals surface area contributed by atoms with Crippen LogP contribution in [-0.4, -0.2) is 35.2 Å². The van der Waals surface area contributed by atoms with Gasteiger partial charge < -0.3 is 24.5 Å². The van der Waals surface area contributed by atoms with Gasteiger partial charge in [0.2, 0.25) is 0 Å². The van der Waals surface area contributed by atoms with Crippen LogP contribution < -0.4 is 4.74 Å². The van der Waals surface area contributed by atoms with Crippen LogP contribution in [0.3, 0.4) is 0 Å². The molecule has 0 fully saturated rings. The Morgan fingerprint density at radius 2 is 1.68 bits per heavy atom. The highest BCUT2D eigenvalue weighted by atomic mass is 16.5. The number of Topliss-reactive ketones (excluding diaryl/α,β-unsaturated/α-hetero) is 1. The van der Waals surface area contributed by atoms with E-state index in [1.807, 2.05) is 13.8 Å². The predicted molar refractivity (Wildman–Crippen MR) is 107 cm³/mol. The topological polar surface area (TPSA) is 93.1 Å². The molecule has 28 heavy (non-hydrogen) atoms. The summed E-state index contributed by atoms with van der Waals surface area (Å²) >= 11 is 0. The van der Waals surface area contributed by atoms with E-state index in [0.717, 1.165) is 12.0 Å². The number of aryl methyl sites for hydroxylation is 1. The van der Waals surface area contributed by atoms with Gasteiger partial charge in [0, 0.05) is 6.42 Å². The molecular weight excluding hydrogens is 360 g/mol. The quantitative estimate of drug-likeness (QED) is 0.656. The molecule has 0 bridgehead atoms. The molecule has 0 radical (unpaired) electrons. The summed E-state index contributed by atoms with van der Waals surface area (Å²) in [6.07, 6.45) is 2.02. The normalized spacial score (nSPS) is 9.82. The second-order valence-corrected chi connectivity index (χ2v) is 6.12. The van der Waals surface area contributed by atoms with Gasteiger partial charge in [-0.25, -0.2) is 4.79 Å². The molecule has 2 aromatic carbocycles. The molecule has 0 saturated carbocycles. The first-order valence-corrected chi connectivity index (χ1v) is 9.27. The van der Waals surface area contributed by atoms with Crippen LogP contribution in [0.4, 0.5) is 0 Å². The largest absolute Gasteiger partial charge is 0.508 e. The van der Waals surface area contributed by atoms with Crippen molar-refractivity contribution in [3.05, 3.63) is 53.6 Å². The highest BCUT2D eigenvalue weighted by Crippen LogP contribution is 2.27. The number of phenols is 2. The third-order valence-corrected chi connectivity index (χ3v) is 3.63. The van der Waals surface area contributed by atoms with Crippen molar-refractivity contribution >= 4 is 11.8 Å². The molecule has 2 aromatic rings. The number of aromatic hydroxyl groups is 2. The molecule has 0 atom stereocenters. The van der Waals surface area contributed by atoms with Crippen LogP contribution in [0.1, 0.15) is 49.5 Å². The van der Waals surface area contributed by atoms with Crippen molar-refractivity contribution in [1.29, 1.82) is 0 Å². The second-order valence-electron chi connectivity index (χ2n) is 6.12. The highest BCUT2D eigenvalue weighted by Gasteiger charge is 2.05. The minimum Gasteiger partial charge on any atom is -0.508 e. The summed E-state index contributed by atoms with van der Waals surface area (Å²) in [5.74, 6) is 0.594. The van der Waals surface area contributed by atoms with Crippen molar-refractivity contribution in [2.45, 2.75) is 40.0 Å². The van der Waals surface area contributed by atoms with E-state index in [-0.39, 0.29) is 23.3 Å². The van der Waals surface area contributed by atoms with Crippen molar-refractivity contribution in [2.24, 2.45) is 0 Å². The van der Waals surface area contributed by atoms with Crippen LogP contribution in [0.15, 0.2) is 42.5 Å². The highest BCUT2D eigenvalue weighted by molar-refractivity contribution is 5.89. The van der Waals surface area contributed by atoms with E-state index in [9.17, 15) is 14.7 Å². The van der Waals surface area contributed by atoms with Crippen LogP contribution in [-0.2, 0) is 16.0 Å². The standard InChI is InChI=1S/C12H16O3.C10H12O3/c1-3-15-12-8-10(5-4-9(2)13)6-7-11(12)14;1-2-7-13-10(12)8-3-5-9(11)6-4-8/h6-8,14H,3-5H2,1-2H3;3-6,11H,2,7H2,1H3. The summed E-state index contributed by atoms with van der Waals surface area (Å²) in [6.45, 7) is 6.32. The monoisotopic (exact) mass is 388 g/mol. The van der Waals surface area contributed by atoms with Gasteiger partial charge in [0.1, 0.15) is 11.5 Å². The predicted octanol–water partition coefficient (Wildman–Crippen LogP) is 4.27. The Hall–Kier alpha value is -3.02. The first kappa shape index (κ1) is 23.0. The zero-order valence-electron chi connectivity index (χ0n) is 16.6. The molecule has 6 heteroatoms. The minimum atomic E-state index is -0.346. The second kappa shape index (κ2) is 12.4. The van der Waals surface area contributed by atoms with E-state index in [1.165, 1.54) is 24.3 Å². The summed E-state index contributed by atoms with van der Waals surface area (Å²) in [5.41, 5.74) is 1.47. The van der Waals surface area contributed by atoms with Gasteiger partial charge in [-0.15, -0.1) is 0 Å². The first-order chi connectivity index (χ1) is 13.4. The Morgan fingerprint density at radius 3 is 2.25 bits per heavy atom. The summed E-state index contributed by atoms with van der Waals surface area (Å²) in [5, 5.41) is 18.4. The van der Waals surface area contributed by atoms with Crippen molar-refractivity contribution in [3.63, 3.8) is 0 Å². The first-order valence-electron chi connectivity index (χ1n) is 9.27. The molecule has 2 N–H and O–H groups in total. The Bertz CT molecular complexity index is 752. The fraction of sp³-hybridized carbons (Fsp3) is 0.364. The zero-order chi connectivity index (χ0) is 20.9. The molecule has 0 aromatic heterocycles. The lowest BCUT2D eigenvalue weighted by Crippen LogP contribution is -2.05. The molecule has 2 rings (SSSR count). The number of carbonyl (C=O) groups excluding carboxylic acids is 2. The molecule has 0 amide bonds. The Kier molecular flexibility index (Phi) is 10.2. The number of phenolic OH excluding ortho intramolecular Hbond substituents is 2. The lowest BCUT2D eigenvalue weighted by atomic mass is 10.1. The maximum absolute atomic E-state index is 11.2. The number of carbonyl (C=O) groups is 2. The third-order valence-electron chi connectivity index (χ3n) is 3.63. The molecule has 6 nitrogen and oxygen atoms in total. The molecule has 152 valence electrons. The fourth-order valence-electron chi connectivity index (χ4n) is 2.18. The molecule has 0 heterocycles. The van der Waals surface area contributed by atoms with Gasteiger partial charge in [0.05, 0.1) is 18.8 Å². The van der Waals surface area contributed by atoms with Crippen molar-refractivity contribution in [1.82, 2.24) is 0 Å². The van der Waals surface area contributed by atoms with Crippen molar-refractivity contribution in [3.8, 4) is 17.2 Å². The van der Waals surface area contributed by atoms with E-state index in [4.69, 9.17) is 14.6 Å². The number of ether oxygens (including phenoxy) is 2. The number of hydrogen-bond acceptors (Lipinski definition) is 6. The van der Waals surface area contributed by atoms with Gasteiger partial charge in [-0.3, -0.25) is 0 Å². The SMILES string of the molecule is CCCOC(=O)c1ccc(O)cc1.CCOc1cc(CCC(C)=O)ccc1O. The minimum absolute atomic E-state index is 0.142. The molecule has 0 unspecified atom stereocenters. The van der Waals surface area contributed by atoms with Crippen LogP contribution >= 0.6 is 0 Å². The van der Waals surface area contributed by atoms with Gasteiger partial charge in [-0.2, -0.15) is 0 Å². The van der Waals surface area contributed by atoms with E-state index in [2.05, 4.69) is 0 Å². The summed E-state index contributed by atoms with van der Waals surface area (Å²) in [6, 6.07) is 11.2. The number of benzene rings is 2. The maximum Gasteiger partial charge on any atom is 0.338 e. The van der Waals surface area contributed by atoms with Crippen LogP contribution in [0.25, 0.3) is 0 Å². The lowest BCUT2D eigenvalue weighted by molar-refractivity contribution is -0.116. The van der Waals surface area contributed by atoms with Crippen molar-refractivity contribution in [2.75, 3.05) is 13.2 Å². The molecule has 0 aliphatic carbocycles. The molecule has 0 aliphatic heterocycles. The van der Waals surface area contributed by atoms with E-state index in [0.29, 0.717) is 37.4 Å². The molecule has 0 spiro atoms. The van der Waals surface area contributed by atoms with Crippen molar-refractivity contribution < 1.29 is 29.3 Å². The number of esters is 1. The number of ketones is 1. The summed E-state index contributed by atoms with van der Waals surface area (Å²) < 4.78 is 10.1. The van der Waals surface area contributed by atoms with Crippen LogP contribution in [0.5, 0.6) is 17.2 Å². The Labute approximate surface area is 165 Å². The summed E-state index contributed by atoms with van der Waals surface area (Å²) in [7, 11) is 0. The Balaban J connectivity index is 0.000000283. The average molecular weight is 388 g/mol. The smallest absolute Gasteiger partial charge is 0.338 e. The summed E-state index contributed by atoms with van der Waals surface area (Å²) in [4.78, 5) is 22.0. The van der Waals surface area contributed by atoms with E-state index < -0.39 is 0 Å². The lowest BCUT2D eigenvalue weighted by Gasteiger charge is -2.07. The maximum atomic E-state index is 11.2. The zero-order valence-corrected chi connectivity index (χ0v) is 16.6. The van der Waals surface area contributed by atoms with Gasteiger partial charge in [-0.05, 0) is 68.7 Å². The number of rotatable bonds is 8. The Morgan fingerprint density at radius 1 is 1.00 bits per heavy atom. The van der Waals surface area contributed by atoms with Gasteiger partial charge in [0.25, 0.3) is 0 Å². The van der Waals surface area contributed by atoms with E-state index >= 15 is 0 Å². The molecule has 0 saturated heterocycles.